The number of methoxy groups -OCH3 is 1. The molecular formula is C20H18FNO4. The maximum absolute atomic E-state index is 14.1. The lowest BCUT2D eigenvalue weighted by atomic mass is 9.95. The molecule has 26 heavy (non-hydrogen) atoms. The first-order valence-corrected chi connectivity index (χ1v) is 8.06. The normalized spacial score (nSPS) is 13.3. The fourth-order valence-corrected chi connectivity index (χ4v) is 2.72. The van der Waals surface area contributed by atoms with Crippen molar-refractivity contribution < 1.29 is 18.3 Å². The van der Waals surface area contributed by atoms with E-state index in [0.717, 1.165) is 6.07 Å². The maximum Gasteiger partial charge on any atom is 0.287 e. The second-order valence-electron chi connectivity index (χ2n) is 6.07. The van der Waals surface area contributed by atoms with Crippen LogP contribution < -0.4 is 10.7 Å². The first kappa shape index (κ1) is 17.8. The van der Waals surface area contributed by atoms with Crippen molar-refractivity contribution in [3.05, 3.63) is 82.0 Å². The summed E-state index contributed by atoms with van der Waals surface area (Å²) in [6.45, 7) is 1.67. The molecule has 1 aromatic heterocycles. The third-order valence-corrected chi connectivity index (χ3v) is 4.34. The first-order chi connectivity index (χ1) is 12.4. The molecule has 1 atom stereocenters. The molecule has 0 unspecified atom stereocenters. The van der Waals surface area contributed by atoms with Crippen LogP contribution in [-0.2, 0) is 10.3 Å². The molecule has 0 saturated heterocycles. The summed E-state index contributed by atoms with van der Waals surface area (Å²) >= 11 is 0. The lowest BCUT2D eigenvalue weighted by molar-refractivity contribution is 0.000189. The van der Waals surface area contributed by atoms with Crippen molar-refractivity contribution in [1.29, 1.82) is 0 Å². The number of carbonyl (C=O) groups excluding carboxylic acids is 1. The Balaban J connectivity index is 1.84. The summed E-state index contributed by atoms with van der Waals surface area (Å²) in [5.41, 5.74) is -0.727. The average molecular weight is 355 g/mol. The number of amides is 1. The number of ether oxygens (including phenoxy) is 1. The molecule has 3 aromatic rings. The molecule has 6 heteroatoms. The van der Waals surface area contributed by atoms with Gasteiger partial charge in [-0.3, -0.25) is 9.59 Å². The lowest BCUT2D eigenvalue weighted by Gasteiger charge is -2.29. The lowest BCUT2D eigenvalue weighted by Crippen LogP contribution is -2.40. The molecule has 0 fully saturated rings. The number of fused-ring (bicyclic) bond motifs is 1. The van der Waals surface area contributed by atoms with Gasteiger partial charge in [0.25, 0.3) is 5.91 Å². The number of halogens is 1. The zero-order chi connectivity index (χ0) is 18.7. The maximum atomic E-state index is 14.1. The largest absolute Gasteiger partial charge is 0.451 e. The number of rotatable bonds is 5. The highest BCUT2D eigenvalue weighted by Crippen LogP contribution is 2.26. The van der Waals surface area contributed by atoms with E-state index in [2.05, 4.69) is 5.32 Å². The zero-order valence-corrected chi connectivity index (χ0v) is 14.4. The van der Waals surface area contributed by atoms with E-state index in [-0.39, 0.29) is 17.7 Å². The predicted molar refractivity (Wildman–Crippen MR) is 95.6 cm³/mol. The first-order valence-electron chi connectivity index (χ1n) is 8.06. The number of benzene rings is 2. The van der Waals surface area contributed by atoms with Crippen LogP contribution in [0.2, 0.25) is 0 Å². The van der Waals surface area contributed by atoms with Gasteiger partial charge in [-0.25, -0.2) is 4.39 Å². The standard InChI is InChI=1S/C20H18FNO4/c1-20(25-2,14-8-4-5-9-15(14)21)12-22-19(24)18-11-16(23)13-7-3-6-10-17(13)26-18/h3-11H,12H2,1-2H3,(H,22,24)/t20-/m0/s1. The number of nitrogens with one attached hydrogen (secondary N) is 1. The molecule has 1 amide bonds. The second kappa shape index (κ2) is 7.09. The molecule has 0 saturated carbocycles. The van der Waals surface area contributed by atoms with Crippen molar-refractivity contribution >= 4 is 16.9 Å². The molecular weight excluding hydrogens is 337 g/mol. The Bertz CT molecular complexity index is 1010. The summed E-state index contributed by atoms with van der Waals surface area (Å²) in [6.07, 6.45) is 0. The van der Waals surface area contributed by atoms with Gasteiger partial charge in [0.05, 0.1) is 11.9 Å². The topological polar surface area (TPSA) is 68.5 Å². The summed E-state index contributed by atoms with van der Waals surface area (Å²) in [6, 6.07) is 14.0. The average Bonchev–Trinajstić information content (AvgIpc) is 2.66. The molecule has 3 rings (SSSR count). The Labute approximate surface area is 149 Å². The van der Waals surface area contributed by atoms with Gasteiger partial charge in [-0.2, -0.15) is 0 Å². The quantitative estimate of drug-likeness (QED) is 0.763. The minimum atomic E-state index is -1.07. The number of hydrogen-bond acceptors (Lipinski definition) is 4. The highest BCUT2D eigenvalue weighted by molar-refractivity contribution is 5.93. The number of para-hydroxylation sites is 1. The molecule has 0 aliphatic carbocycles. The van der Waals surface area contributed by atoms with E-state index in [1.165, 1.54) is 13.2 Å². The summed E-state index contributed by atoms with van der Waals surface area (Å²) in [5, 5.41) is 3.04. The van der Waals surface area contributed by atoms with Crippen LogP contribution in [0, 0.1) is 5.82 Å². The molecule has 1 N–H and O–H groups in total. The summed E-state index contributed by atoms with van der Waals surface area (Å²) in [7, 11) is 1.44. The number of carbonyl (C=O) groups is 1. The highest BCUT2D eigenvalue weighted by Gasteiger charge is 2.30. The van der Waals surface area contributed by atoms with Crippen molar-refractivity contribution in [3.63, 3.8) is 0 Å². The molecule has 1 heterocycles. The van der Waals surface area contributed by atoms with Crippen LogP contribution in [0.25, 0.3) is 11.0 Å². The molecule has 5 nitrogen and oxygen atoms in total. The molecule has 134 valence electrons. The van der Waals surface area contributed by atoms with Gasteiger partial charge in [0.15, 0.2) is 11.2 Å². The monoisotopic (exact) mass is 355 g/mol. The van der Waals surface area contributed by atoms with Gasteiger partial charge in [-0.05, 0) is 25.1 Å². The molecule has 0 radical (unpaired) electrons. The van der Waals surface area contributed by atoms with E-state index in [1.54, 1.807) is 49.4 Å². The van der Waals surface area contributed by atoms with Crippen molar-refractivity contribution in [2.24, 2.45) is 0 Å². The fourth-order valence-electron chi connectivity index (χ4n) is 2.72. The molecule has 0 bridgehead atoms. The van der Waals surface area contributed by atoms with E-state index in [9.17, 15) is 14.0 Å². The minimum Gasteiger partial charge on any atom is -0.451 e. The number of hydrogen-bond donors (Lipinski definition) is 1. The SMILES string of the molecule is CO[C@@](C)(CNC(=O)c1cc(=O)c2ccccc2o1)c1ccccc1F. The Morgan fingerprint density at radius 1 is 1.19 bits per heavy atom. The van der Waals surface area contributed by atoms with E-state index in [0.29, 0.717) is 16.5 Å². The van der Waals surface area contributed by atoms with Crippen LogP contribution in [0.15, 0.2) is 63.8 Å². The van der Waals surface area contributed by atoms with Crippen LogP contribution in [0.3, 0.4) is 0 Å². The van der Waals surface area contributed by atoms with Gasteiger partial charge in [0.2, 0.25) is 0 Å². The second-order valence-corrected chi connectivity index (χ2v) is 6.07. The molecule has 0 spiro atoms. The minimum absolute atomic E-state index is 0.000194. The van der Waals surface area contributed by atoms with Gasteiger partial charge in [-0.15, -0.1) is 0 Å². The van der Waals surface area contributed by atoms with Crippen molar-refractivity contribution in [3.8, 4) is 0 Å². The Kier molecular flexibility index (Phi) is 4.86. The Hall–Kier alpha value is -2.99. The third kappa shape index (κ3) is 3.36. The summed E-state index contributed by atoms with van der Waals surface area (Å²) in [4.78, 5) is 24.5. The Morgan fingerprint density at radius 3 is 2.62 bits per heavy atom. The van der Waals surface area contributed by atoms with E-state index >= 15 is 0 Å². The predicted octanol–water partition coefficient (Wildman–Crippen LogP) is 3.22. The fraction of sp³-hybridized carbons (Fsp3) is 0.200. The van der Waals surface area contributed by atoms with E-state index < -0.39 is 17.3 Å². The van der Waals surface area contributed by atoms with Crippen LogP contribution in [-0.4, -0.2) is 19.6 Å². The molecule has 0 aliphatic rings. The van der Waals surface area contributed by atoms with Gasteiger partial charge in [0.1, 0.15) is 17.0 Å². The van der Waals surface area contributed by atoms with E-state index in [4.69, 9.17) is 9.15 Å². The van der Waals surface area contributed by atoms with Gasteiger partial charge < -0.3 is 14.5 Å². The molecule has 0 aliphatic heterocycles. The summed E-state index contributed by atoms with van der Waals surface area (Å²) < 4.78 is 25.0. The Morgan fingerprint density at radius 2 is 1.88 bits per heavy atom. The van der Waals surface area contributed by atoms with Gasteiger partial charge in [-0.1, -0.05) is 30.3 Å². The van der Waals surface area contributed by atoms with Gasteiger partial charge in [0, 0.05) is 18.7 Å². The van der Waals surface area contributed by atoms with Crippen LogP contribution >= 0.6 is 0 Å². The highest BCUT2D eigenvalue weighted by atomic mass is 19.1. The van der Waals surface area contributed by atoms with Crippen molar-refractivity contribution in [2.75, 3.05) is 13.7 Å². The molecule has 2 aromatic carbocycles. The van der Waals surface area contributed by atoms with Crippen LogP contribution in [0.1, 0.15) is 23.0 Å². The zero-order valence-electron chi connectivity index (χ0n) is 14.4. The van der Waals surface area contributed by atoms with Crippen LogP contribution in [0.4, 0.5) is 4.39 Å². The van der Waals surface area contributed by atoms with Crippen LogP contribution in [0.5, 0.6) is 0 Å². The van der Waals surface area contributed by atoms with E-state index in [1.807, 2.05) is 0 Å². The summed E-state index contributed by atoms with van der Waals surface area (Å²) in [5.74, 6) is -1.11. The van der Waals surface area contributed by atoms with Crippen molar-refractivity contribution in [1.82, 2.24) is 5.32 Å². The van der Waals surface area contributed by atoms with Crippen molar-refractivity contribution in [2.45, 2.75) is 12.5 Å². The third-order valence-electron chi connectivity index (χ3n) is 4.34. The smallest absolute Gasteiger partial charge is 0.287 e. The van der Waals surface area contributed by atoms with Gasteiger partial charge >= 0.3 is 0 Å².